The lowest BCUT2D eigenvalue weighted by atomic mass is 10.0. The van der Waals surface area contributed by atoms with E-state index in [4.69, 9.17) is 0 Å². The minimum absolute atomic E-state index is 0.137. The van der Waals surface area contributed by atoms with Crippen LogP contribution in [0.1, 0.15) is 41.7 Å². The van der Waals surface area contributed by atoms with Crippen LogP contribution in [0.25, 0.3) is 0 Å². The van der Waals surface area contributed by atoms with E-state index in [-0.39, 0.29) is 11.9 Å². The largest absolute Gasteiger partial charge is 0.329 e. The number of nitrogens with zero attached hydrogens (tertiary/aromatic N) is 2. The zero-order chi connectivity index (χ0) is 17.9. The van der Waals surface area contributed by atoms with Crippen molar-refractivity contribution in [3.8, 4) is 0 Å². The molecule has 4 heteroatoms. The second-order valence-electron chi connectivity index (χ2n) is 7.08. The average molecular weight is 367 g/mol. The third kappa shape index (κ3) is 3.67. The smallest absolute Gasteiger partial charge is 0.255 e. The third-order valence-corrected chi connectivity index (χ3v) is 6.29. The molecule has 1 amide bonds. The Bertz CT molecular complexity index is 760. The summed E-state index contributed by atoms with van der Waals surface area (Å²) in [5.41, 5.74) is 2.09. The summed E-state index contributed by atoms with van der Waals surface area (Å²) in [6.45, 7) is 4.87. The maximum absolute atomic E-state index is 13.5. The molecule has 136 valence electrons. The minimum Gasteiger partial charge on any atom is -0.329 e. The van der Waals surface area contributed by atoms with Crippen molar-refractivity contribution in [2.24, 2.45) is 0 Å². The molecule has 2 aromatic carbocycles. The molecule has 1 saturated carbocycles. The van der Waals surface area contributed by atoms with Gasteiger partial charge in [0.1, 0.15) is 0 Å². The molecule has 1 atom stereocenters. The zero-order valence-electron chi connectivity index (χ0n) is 15.3. The van der Waals surface area contributed by atoms with Crippen LogP contribution in [-0.2, 0) is 0 Å². The normalized spacial score (nSPS) is 21.0. The summed E-state index contributed by atoms with van der Waals surface area (Å²) in [6, 6.07) is 19.4. The van der Waals surface area contributed by atoms with Crippen molar-refractivity contribution in [2.45, 2.75) is 36.7 Å². The van der Waals surface area contributed by atoms with Crippen molar-refractivity contribution >= 4 is 17.7 Å². The molecule has 0 spiro atoms. The van der Waals surface area contributed by atoms with Gasteiger partial charge >= 0.3 is 0 Å². The van der Waals surface area contributed by atoms with Gasteiger partial charge in [-0.25, -0.2) is 0 Å². The molecule has 0 aromatic heterocycles. The van der Waals surface area contributed by atoms with Gasteiger partial charge in [0.2, 0.25) is 0 Å². The highest BCUT2D eigenvalue weighted by atomic mass is 32.2. The number of amides is 1. The van der Waals surface area contributed by atoms with Crippen molar-refractivity contribution in [1.82, 2.24) is 9.80 Å². The Balaban J connectivity index is 1.63. The van der Waals surface area contributed by atoms with E-state index >= 15 is 0 Å². The predicted molar refractivity (Wildman–Crippen MR) is 108 cm³/mol. The van der Waals surface area contributed by atoms with Gasteiger partial charge in [-0.05, 0) is 36.3 Å². The number of rotatable bonds is 5. The lowest BCUT2D eigenvalue weighted by Crippen LogP contribution is -2.51. The van der Waals surface area contributed by atoms with Crippen molar-refractivity contribution in [3.63, 3.8) is 0 Å². The van der Waals surface area contributed by atoms with E-state index in [1.807, 2.05) is 24.3 Å². The van der Waals surface area contributed by atoms with Gasteiger partial charge in [0.15, 0.2) is 0 Å². The fraction of sp³-hybridized carbons (Fsp3) is 0.409. The second kappa shape index (κ2) is 7.85. The topological polar surface area (TPSA) is 23.6 Å². The van der Waals surface area contributed by atoms with Gasteiger partial charge in [-0.3, -0.25) is 9.69 Å². The van der Waals surface area contributed by atoms with Crippen LogP contribution < -0.4 is 0 Å². The van der Waals surface area contributed by atoms with E-state index in [1.165, 1.54) is 18.4 Å². The highest BCUT2D eigenvalue weighted by molar-refractivity contribution is 7.99. The first kappa shape index (κ1) is 17.6. The quantitative estimate of drug-likeness (QED) is 0.730. The van der Waals surface area contributed by atoms with Crippen LogP contribution in [0, 0.1) is 0 Å². The molecule has 1 saturated heterocycles. The van der Waals surface area contributed by atoms with Crippen LogP contribution in [0.3, 0.4) is 0 Å². The Morgan fingerprint density at radius 2 is 1.77 bits per heavy atom. The summed E-state index contributed by atoms with van der Waals surface area (Å²) < 4.78 is 0. The zero-order valence-corrected chi connectivity index (χ0v) is 16.1. The van der Waals surface area contributed by atoms with Gasteiger partial charge in [-0.15, -0.1) is 11.8 Å². The second-order valence-corrected chi connectivity index (χ2v) is 8.39. The van der Waals surface area contributed by atoms with Gasteiger partial charge in [0.25, 0.3) is 5.91 Å². The first-order valence-corrected chi connectivity index (χ1v) is 10.6. The summed E-state index contributed by atoms with van der Waals surface area (Å²) >= 11 is 1.75. The van der Waals surface area contributed by atoms with Crippen LogP contribution in [0.15, 0.2) is 59.5 Å². The number of carbonyl (C=O) groups is 1. The molecule has 1 aliphatic heterocycles. The molecule has 0 radical (unpaired) electrons. The fourth-order valence-corrected chi connectivity index (χ4v) is 4.66. The van der Waals surface area contributed by atoms with Crippen LogP contribution in [0.5, 0.6) is 0 Å². The summed E-state index contributed by atoms with van der Waals surface area (Å²) in [4.78, 5) is 19.2. The van der Waals surface area contributed by atoms with Crippen LogP contribution >= 0.6 is 11.8 Å². The highest BCUT2D eigenvalue weighted by Crippen LogP contribution is 2.35. The van der Waals surface area contributed by atoms with Crippen LogP contribution in [0.2, 0.25) is 0 Å². The lowest BCUT2D eigenvalue weighted by molar-refractivity contribution is 0.0429. The van der Waals surface area contributed by atoms with Gasteiger partial charge < -0.3 is 4.90 Å². The van der Waals surface area contributed by atoms with E-state index < -0.39 is 0 Å². The molecule has 3 nitrogen and oxygen atoms in total. The summed E-state index contributed by atoms with van der Waals surface area (Å²) in [7, 11) is 0. The Morgan fingerprint density at radius 1 is 1.04 bits per heavy atom. The predicted octanol–water partition coefficient (Wildman–Crippen LogP) is 4.46. The molecular weight excluding hydrogens is 340 g/mol. The molecule has 0 N–H and O–H groups in total. The fourth-order valence-electron chi connectivity index (χ4n) is 3.86. The maximum atomic E-state index is 13.5. The standard InChI is InChI=1S/C22H26N2OS/c1-2-26-21-11-7-6-10-19(21)22(25)24-15-14-23(18-12-13-18)16-20(24)17-8-4-3-5-9-17/h3-11,18,20H,2,12-16H2,1H3. The molecular formula is C22H26N2OS. The van der Waals surface area contributed by atoms with Gasteiger partial charge in [-0.2, -0.15) is 0 Å². The summed E-state index contributed by atoms with van der Waals surface area (Å²) in [5.74, 6) is 1.15. The molecule has 4 rings (SSSR count). The first-order valence-electron chi connectivity index (χ1n) is 9.59. The van der Waals surface area contributed by atoms with E-state index in [0.717, 1.165) is 41.9 Å². The molecule has 2 aromatic rings. The van der Waals surface area contributed by atoms with E-state index in [9.17, 15) is 4.79 Å². The molecule has 1 heterocycles. The summed E-state index contributed by atoms with van der Waals surface area (Å²) in [6.07, 6.45) is 2.62. The monoisotopic (exact) mass is 366 g/mol. The van der Waals surface area contributed by atoms with Crippen LogP contribution in [0.4, 0.5) is 0 Å². The highest BCUT2D eigenvalue weighted by Gasteiger charge is 2.38. The number of benzene rings is 2. The van der Waals surface area contributed by atoms with Gasteiger partial charge in [-0.1, -0.05) is 49.4 Å². The SMILES string of the molecule is CCSc1ccccc1C(=O)N1CCN(C2CC2)CC1c1ccccc1. The van der Waals surface area contributed by atoms with Crippen molar-refractivity contribution in [3.05, 3.63) is 65.7 Å². The molecule has 1 unspecified atom stereocenters. The first-order chi connectivity index (χ1) is 12.8. The Morgan fingerprint density at radius 3 is 2.50 bits per heavy atom. The molecule has 2 aliphatic rings. The number of carbonyl (C=O) groups excluding carboxylic acids is 1. The maximum Gasteiger partial charge on any atom is 0.255 e. The Hall–Kier alpha value is -1.78. The van der Waals surface area contributed by atoms with E-state index in [0.29, 0.717) is 0 Å². The Kier molecular flexibility index (Phi) is 5.32. The number of hydrogen-bond acceptors (Lipinski definition) is 3. The number of hydrogen-bond donors (Lipinski definition) is 0. The van der Waals surface area contributed by atoms with Gasteiger partial charge in [0.05, 0.1) is 11.6 Å². The van der Waals surface area contributed by atoms with E-state index in [1.54, 1.807) is 11.8 Å². The van der Waals surface area contributed by atoms with Crippen molar-refractivity contribution in [2.75, 3.05) is 25.4 Å². The summed E-state index contributed by atoms with van der Waals surface area (Å²) in [5, 5.41) is 0. The Labute approximate surface area is 160 Å². The van der Waals surface area contributed by atoms with Gasteiger partial charge in [0, 0.05) is 30.6 Å². The van der Waals surface area contributed by atoms with E-state index in [2.05, 4.69) is 47.1 Å². The molecule has 26 heavy (non-hydrogen) atoms. The van der Waals surface area contributed by atoms with Crippen LogP contribution in [-0.4, -0.2) is 47.1 Å². The number of piperazine rings is 1. The van der Waals surface area contributed by atoms with Crippen molar-refractivity contribution in [1.29, 1.82) is 0 Å². The minimum atomic E-state index is 0.137. The average Bonchev–Trinajstić information content (AvgIpc) is 3.54. The molecule has 2 fully saturated rings. The van der Waals surface area contributed by atoms with Crippen molar-refractivity contribution < 1.29 is 4.79 Å². The number of thioether (sulfide) groups is 1. The third-order valence-electron chi connectivity index (χ3n) is 5.34. The lowest BCUT2D eigenvalue weighted by Gasteiger charge is -2.42. The molecule has 1 aliphatic carbocycles. The molecule has 0 bridgehead atoms.